The number of carbonyl (C=O) groups excluding carboxylic acids is 1. The van der Waals surface area contributed by atoms with Gasteiger partial charge in [-0.05, 0) is 19.1 Å². The second kappa shape index (κ2) is 5.35. The van der Waals surface area contributed by atoms with Crippen LogP contribution in [0.3, 0.4) is 0 Å². The maximum absolute atomic E-state index is 11.5. The van der Waals surface area contributed by atoms with E-state index in [9.17, 15) is 4.79 Å². The number of methoxy groups -OCH3 is 1. The molecular formula is C13H13NO4. The van der Waals surface area contributed by atoms with Crippen LogP contribution in [0.25, 0.3) is 11.3 Å². The van der Waals surface area contributed by atoms with Crippen LogP contribution in [0.2, 0.25) is 0 Å². The van der Waals surface area contributed by atoms with Gasteiger partial charge in [0.1, 0.15) is 11.4 Å². The van der Waals surface area contributed by atoms with Gasteiger partial charge in [-0.3, -0.25) is 0 Å². The zero-order valence-corrected chi connectivity index (χ0v) is 10.2. The predicted molar refractivity (Wildman–Crippen MR) is 64.4 cm³/mol. The summed E-state index contributed by atoms with van der Waals surface area (Å²) in [5, 5.41) is 3.84. The van der Waals surface area contributed by atoms with Gasteiger partial charge in [0.05, 0.1) is 13.7 Å². The van der Waals surface area contributed by atoms with Crippen molar-refractivity contribution < 1.29 is 18.8 Å². The van der Waals surface area contributed by atoms with E-state index in [1.807, 2.05) is 24.3 Å². The summed E-state index contributed by atoms with van der Waals surface area (Å²) in [4.78, 5) is 11.5. The van der Waals surface area contributed by atoms with Crippen molar-refractivity contribution in [3.05, 3.63) is 36.1 Å². The number of para-hydroxylation sites is 1. The average molecular weight is 247 g/mol. The molecular weight excluding hydrogens is 234 g/mol. The molecule has 2 rings (SSSR count). The predicted octanol–water partition coefficient (Wildman–Crippen LogP) is 2.53. The molecule has 0 unspecified atom stereocenters. The first-order valence-corrected chi connectivity index (χ1v) is 5.53. The lowest BCUT2D eigenvalue weighted by molar-refractivity contribution is 0.0480. The Morgan fingerprint density at radius 3 is 2.89 bits per heavy atom. The summed E-state index contributed by atoms with van der Waals surface area (Å²) in [6, 6.07) is 8.90. The third kappa shape index (κ3) is 2.34. The van der Waals surface area contributed by atoms with E-state index in [0.29, 0.717) is 18.1 Å². The molecule has 2 aromatic rings. The summed E-state index contributed by atoms with van der Waals surface area (Å²) in [5.74, 6) is 0.227. The third-order valence-electron chi connectivity index (χ3n) is 2.37. The van der Waals surface area contributed by atoms with Crippen molar-refractivity contribution in [3.8, 4) is 17.0 Å². The molecule has 0 amide bonds. The molecule has 0 N–H and O–H groups in total. The van der Waals surface area contributed by atoms with Crippen LogP contribution in [0, 0.1) is 0 Å². The summed E-state index contributed by atoms with van der Waals surface area (Å²) >= 11 is 0. The Bertz CT molecular complexity index is 547. The second-order valence-electron chi connectivity index (χ2n) is 3.50. The highest BCUT2D eigenvalue weighted by atomic mass is 16.6. The Balaban J connectivity index is 2.32. The molecule has 1 heterocycles. The molecule has 5 heteroatoms. The van der Waals surface area contributed by atoms with E-state index in [1.54, 1.807) is 14.0 Å². The summed E-state index contributed by atoms with van der Waals surface area (Å²) < 4.78 is 15.0. The first kappa shape index (κ1) is 12.2. The highest BCUT2D eigenvalue weighted by Crippen LogP contribution is 2.29. The number of nitrogens with zero attached hydrogens (tertiary/aromatic N) is 1. The summed E-state index contributed by atoms with van der Waals surface area (Å²) in [6.07, 6.45) is 0. The fraction of sp³-hybridized carbons (Fsp3) is 0.231. The minimum absolute atomic E-state index is 0.0813. The van der Waals surface area contributed by atoms with Crippen molar-refractivity contribution in [3.63, 3.8) is 0 Å². The molecule has 0 atom stereocenters. The molecule has 1 aromatic carbocycles. The molecule has 94 valence electrons. The summed E-state index contributed by atoms with van der Waals surface area (Å²) in [5.41, 5.74) is 1.30. The van der Waals surface area contributed by atoms with Gasteiger partial charge in [-0.1, -0.05) is 17.3 Å². The van der Waals surface area contributed by atoms with Crippen LogP contribution in [0.1, 0.15) is 17.5 Å². The molecule has 0 saturated carbocycles. The number of benzene rings is 1. The molecule has 0 radical (unpaired) electrons. The van der Waals surface area contributed by atoms with Gasteiger partial charge in [-0.15, -0.1) is 0 Å². The molecule has 0 bridgehead atoms. The molecule has 0 aliphatic rings. The number of rotatable bonds is 4. The fourth-order valence-electron chi connectivity index (χ4n) is 1.56. The van der Waals surface area contributed by atoms with Crippen LogP contribution < -0.4 is 4.74 Å². The van der Waals surface area contributed by atoms with Crippen LogP contribution in [0.5, 0.6) is 5.75 Å². The maximum Gasteiger partial charge on any atom is 0.377 e. The summed E-state index contributed by atoms with van der Waals surface area (Å²) in [7, 11) is 1.57. The Morgan fingerprint density at radius 1 is 1.39 bits per heavy atom. The van der Waals surface area contributed by atoms with Gasteiger partial charge in [-0.2, -0.15) is 0 Å². The fourth-order valence-corrected chi connectivity index (χ4v) is 1.56. The molecule has 0 fully saturated rings. The first-order chi connectivity index (χ1) is 8.76. The van der Waals surface area contributed by atoms with Crippen LogP contribution in [-0.4, -0.2) is 24.8 Å². The van der Waals surface area contributed by atoms with Crippen LogP contribution in [0.15, 0.2) is 34.9 Å². The third-order valence-corrected chi connectivity index (χ3v) is 2.37. The van der Waals surface area contributed by atoms with E-state index in [0.717, 1.165) is 5.56 Å². The van der Waals surface area contributed by atoms with Crippen LogP contribution in [-0.2, 0) is 4.74 Å². The van der Waals surface area contributed by atoms with Crippen molar-refractivity contribution in [1.82, 2.24) is 5.16 Å². The van der Waals surface area contributed by atoms with E-state index in [2.05, 4.69) is 5.16 Å². The maximum atomic E-state index is 11.5. The Hall–Kier alpha value is -2.30. The van der Waals surface area contributed by atoms with Gasteiger partial charge in [-0.25, -0.2) is 4.79 Å². The number of aromatic nitrogens is 1. The van der Waals surface area contributed by atoms with Crippen molar-refractivity contribution in [2.45, 2.75) is 6.92 Å². The number of ether oxygens (including phenoxy) is 2. The Kier molecular flexibility index (Phi) is 3.62. The smallest absolute Gasteiger partial charge is 0.377 e. The van der Waals surface area contributed by atoms with Gasteiger partial charge in [0.2, 0.25) is 5.76 Å². The lowest BCUT2D eigenvalue weighted by atomic mass is 10.1. The SMILES string of the molecule is CCOC(=O)c1cc(-c2ccccc2OC)no1. The van der Waals surface area contributed by atoms with E-state index < -0.39 is 5.97 Å². The molecule has 1 aromatic heterocycles. The van der Waals surface area contributed by atoms with E-state index in [1.165, 1.54) is 6.07 Å². The minimum atomic E-state index is -0.522. The highest BCUT2D eigenvalue weighted by molar-refractivity contribution is 5.87. The first-order valence-electron chi connectivity index (χ1n) is 5.53. The quantitative estimate of drug-likeness (QED) is 0.777. The lowest BCUT2D eigenvalue weighted by Crippen LogP contribution is -2.02. The molecule has 0 saturated heterocycles. The number of carbonyl (C=O) groups is 1. The van der Waals surface area contributed by atoms with Gasteiger partial charge in [0, 0.05) is 11.6 Å². The largest absolute Gasteiger partial charge is 0.496 e. The number of hydrogen-bond donors (Lipinski definition) is 0. The van der Waals surface area contributed by atoms with Crippen molar-refractivity contribution in [1.29, 1.82) is 0 Å². The van der Waals surface area contributed by atoms with Gasteiger partial charge in [0.25, 0.3) is 0 Å². The van der Waals surface area contributed by atoms with E-state index in [4.69, 9.17) is 14.0 Å². The van der Waals surface area contributed by atoms with Crippen molar-refractivity contribution >= 4 is 5.97 Å². The topological polar surface area (TPSA) is 61.6 Å². The average Bonchev–Trinajstić information content (AvgIpc) is 2.88. The summed E-state index contributed by atoms with van der Waals surface area (Å²) in [6.45, 7) is 2.03. The Labute approximate surface area is 104 Å². The standard InChI is InChI=1S/C13H13NO4/c1-3-17-13(15)12-8-10(14-18-12)9-6-4-5-7-11(9)16-2/h4-8H,3H2,1-2H3. The van der Waals surface area contributed by atoms with Gasteiger partial charge in [0.15, 0.2) is 0 Å². The van der Waals surface area contributed by atoms with Gasteiger partial charge < -0.3 is 14.0 Å². The molecule has 0 aliphatic heterocycles. The second-order valence-corrected chi connectivity index (χ2v) is 3.50. The monoisotopic (exact) mass is 247 g/mol. The van der Waals surface area contributed by atoms with Crippen molar-refractivity contribution in [2.75, 3.05) is 13.7 Å². The zero-order valence-electron chi connectivity index (χ0n) is 10.2. The Morgan fingerprint density at radius 2 is 2.17 bits per heavy atom. The lowest BCUT2D eigenvalue weighted by Gasteiger charge is -2.03. The van der Waals surface area contributed by atoms with Gasteiger partial charge >= 0.3 is 5.97 Å². The zero-order chi connectivity index (χ0) is 13.0. The number of esters is 1. The molecule has 0 spiro atoms. The highest BCUT2D eigenvalue weighted by Gasteiger charge is 2.16. The van der Waals surface area contributed by atoms with Crippen molar-refractivity contribution in [2.24, 2.45) is 0 Å². The molecule has 5 nitrogen and oxygen atoms in total. The normalized spacial score (nSPS) is 10.1. The van der Waals surface area contributed by atoms with E-state index >= 15 is 0 Å². The minimum Gasteiger partial charge on any atom is -0.496 e. The number of hydrogen-bond acceptors (Lipinski definition) is 5. The van der Waals surface area contributed by atoms with Crippen LogP contribution >= 0.6 is 0 Å². The molecule has 18 heavy (non-hydrogen) atoms. The van der Waals surface area contributed by atoms with E-state index in [-0.39, 0.29) is 5.76 Å². The van der Waals surface area contributed by atoms with Crippen LogP contribution in [0.4, 0.5) is 0 Å². The molecule has 0 aliphatic carbocycles.